The Balaban J connectivity index is 0.00000245. The van der Waals surface area contributed by atoms with Crippen LogP contribution in [0.5, 0.6) is 0 Å². The van der Waals surface area contributed by atoms with E-state index in [1.807, 2.05) is 84.9 Å². The molecule has 4 heteroatoms. The van der Waals surface area contributed by atoms with Crippen molar-refractivity contribution in [2.75, 3.05) is 4.90 Å². The van der Waals surface area contributed by atoms with Crippen LogP contribution < -0.4 is 4.90 Å². The second kappa shape index (κ2) is 10.2. The van der Waals surface area contributed by atoms with Crippen molar-refractivity contribution in [1.29, 1.82) is 0 Å². The van der Waals surface area contributed by atoms with E-state index in [4.69, 9.17) is 4.98 Å². The molecule has 0 atom stereocenters. The number of para-hydroxylation sites is 1. The number of anilines is 3. The second-order valence-electron chi connectivity index (χ2n) is 6.99. The van der Waals surface area contributed by atoms with Crippen LogP contribution in [0.15, 0.2) is 115 Å². The van der Waals surface area contributed by atoms with E-state index in [0.29, 0.717) is 0 Å². The predicted octanol–water partition coefficient (Wildman–Crippen LogP) is 6.88. The third kappa shape index (κ3) is 4.69. The molecule has 0 amide bonds. The van der Waals surface area contributed by atoms with Crippen LogP contribution in [0.3, 0.4) is 0 Å². The first-order valence-electron chi connectivity index (χ1n) is 10.1. The summed E-state index contributed by atoms with van der Waals surface area (Å²) in [5, 5.41) is 0. The summed E-state index contributed by atoms with van der Waals surface area (Å²) >= 11 is 0. The molecule has 2 heterocycles. The van der Waals surface area contributed by atoms with Gasteiger partial charge in [-0.1, -0.05) is 30.3 Å². The van der Waals surface area contributed by atoms with Crippen molar-refractivity contribution in [3.05, 3.63) is 128 Å². The Labute approximate surface area is 202 Å². The van der Waals surface area contributed by atoms with E-state index in [0.717, 1.165) is 39.7 Å². The number of hydrogen-bond acceptors (Lipinski definition) is 3. The van der Waals surface area contributed by atoms with Crippen LogP contribution in [0.25, 0.3) is 22.5 Å². The average Bonchev–Trinajstić information content (AvgIpc) is 2.86. The zero-order chi connectivity index (χ0) is 20.9. The molecule has 5 aromatic rings. The topological polar surface area (TPSA) is 29.0 Å². The summed E-state index contributed by atoms with van der Waals surface area (Å²) in [6.07, 6.45) is 1.78. The maximum atomic E-state index is 4.93. The Kier molecular flexibility index (Phi) is 6.89. The minimum Gasteiger partial charge on any atom is -0.314 e. The molecule has 32 heavy (non-hydrogen) atoms. The SMILES string of the molecule is [Pt+2].[c-]1ccccc1-c1[c-]c(N(c2ccccc2)c2cccc(-c3ccccn3)n2)ccc1. The first-order valence-corrected chi connectivity index (χ1v) is 10.1. The van der Waals surface area contributed by atoms with Crippen LogP contribution >= 0.6 is 0 Å². The van der Waals surface area contributed by atoms with Crippen LogP contribution in [0.2, 0.25) is 0 Å². The molecule has 0 radical (unpaired) electrons. The molecule has 2 aromatic heterocycles. The first-order chi connectivity index (χ1) is 15.4. The Morgan fingerprint density at radius 2 is 1.38 bits per heavy atom. The maximum absolute atomic E-state index is 4.93. The van der Waals surface area contributed by atoms with Gasteiger partial charge in [-0.3, -0.25) is 4.98 Å². The van der Waals surface area contributed by atoms with Gasteiger partial charge in [-0.05, 0) is 42.1 Å². The summed E-state index contributed by atoms with van der Waals surface area (Å²) in [4.78, 5) is 11.5. The van der Waals surface area contributed by atoms with E-state index in [1.54, 1.807) is 6.20 Å². The first kappa shape index (κ1) is 21.7. The van der Waals surface area contributed by atoms with Crippen molar-refractivity contribution in [2.24, 2.45) is 0 Å². The summed E-state index contributed by atoms with van der Waals surface area (Å²) < 4.78 is 0. The minimum absolute atomic E-state index is 0. The van der Waals surface area contributed by atoms with Crippen LogP contribution in [-0.4, -0.2) is 9.97 Å². The average molecular weight is 593 g/mol. The summed E-state index contributed by atoms with van der Waals surface area (Å²) in [6.45, 7) is 0. The molecule has 0 unspecified atom stereocenters. The predicted molar refractivity (Wildman–Crippen MR) is 125 cm³/mol. The van der Waals surface area contributed by atoms with Gasteiger partial charge in [0.1, 0.15) is 5.82 Å². The van der Waals surface area contributed by atoms with Gasteiger partial charge in [-0.2, -0.15) is 42.5 Å². The smallest absolute Gasteiger partial charge is 0.314 e. The molecule has 0 saturated carbocycles. The molecule has 0 bridgehead atoms. The van der Waals surface area contributed by atoms with E-state index in [9.17, 15) is 0 Å². The molecule has 5 rings (SSSR count). The molecule has 0 spiro atoms. The quantitative estimate of drug-likeness (QED) is 0.209. The summed E-state index contributed by atoms with van der Waals surface area (Å²) in [7, 11) is 0. The van der Waals surface area contributed by atoms with Crippen LogP contribution in [0.4, 0.5) is 17.2 Å². The van der Waals surface area contributed by atoms with E-state index in [-0.39, 0.29) is 21.1 Å². The monoisotopic (exact) mass is 592 g/mol. The van der Waals surface area contributed by atoms with Gasteiger partial charge >= 0.3 is 21.1 Å². The molecule has 0 fully saturated rings. The van der Waals surface area contributed by atoms with E-state index < -0.39 is 0 Å². The summed E-state index contributed by atoms with van der Waals surface area (Å²) in [5.74, 6) is 0.805. The maximum Gasteiger partial charge on any atom is 2.00 e. The Hall–Kier alpha value is -3.55. The van der Waals surface area contributed by atoms with Gasteiger partial charge in [-0.25, -0.2) is 16.1 Å². The van der Waals surface area contributed by atoms with E-state index in [1.165, 1.54) is 0 Å². The molecule has 0 aliphatic carbocycles. The van der Waals surface area contributed by atoms with Gasteiger partial charge in [0.2, 0.25) is 0 Å². The summed E-state index contributed by atoms with van der Waals surface area (Å²) in [6, 6.07) is 43.0. The van der Waals surface area contributed by atoms with Gasteiger partial charge in [0.25, 0.3) is 0 Å². The zero-order valence-corrected chi connectivity index (χ0v) is 19.4. The molecule has 0 N–H and O–H groups in total. The fourth-order valence-corrected chi connectivity index (χ4v) is 3.48. The number of benzene rings is 3. The van der Waals surface area contributed by atoms with Crippen molar-refractivity contribution in [3.8, 4) is 22.5 Å². The Bertz CT molecular complexity index is 1190. The Morgan fingerprint density at radius 3 is 2.16 bits per heavy atom. The molecule has 0 aliphatic rings. The van der Waals surface area contributed by atoms with Crippen LogP contribution in [-0.2, 0) is 21.1 Å². The molecule has 0 saturated heterocycles. The number of hydrogen-bond donors (Lipinski definition) is 0. The molecule has 3 aromatic carbocycles. The van der Waals surface area contributed by atoms with E-state index in [2.05, 4.69) is 46.3 Å². The van der Waals surface area contributed by atoms with Crippen molar-refractivity contribution in [3.63, 3.8) is 0 Å². The van der Waals surface area contributed by atoms with Gasteiger partial charge in [0.15, 0.2) is 0 Å². The number of aromatic nitrogens is 2. The van der Waals surface area contributed by atoms with Crippen molar-refractivity contribution >= 4 is 17.2 Å². The minimum atomic E-state index is 0. The molecular formula is C28H19N3Pt. The van der Waals surface area contributed by atoms with Gasteiger partial charge in [0.05, 0.1) is 11.4 Å². The van der Waals surface area contributed by atoms with Gasteiger partial charge < -0.3 is 4.90 Å². The molecule has 156 valence electrons. The normalized spacial score (nSPS) is 10.2. The Morgan fingerprint density at radius 1 is 0.625 bits per heavy atom. The van der Waals surface area contributed by atoms with Crippen molar-refractivity contribution in [2.45, 2.75) is 0 Å². The third-order valence-electron chi connectivity index (χ3n) is 4.93. The van der Waals surface area contributed by atoms with Crippen LogP contribution in [0, 0.1) is 12.1 Å². The molecular weight excluding hydrogens is 573 g/mol. The van der Waals surface area contributed by atoms with Gasteiger partial charge in [-0.15, -0.1) is 12.1 Å². The fraction of sp³-hybridized carbons (Fsp3) is 0. The fourth-order valence-electron chi connectivity index (χ4n) is 3.48. The molecule has 3 nitrogen and oxygen atoms in total. The van der Waals surface area contributed by atoms with Gasteiger partial charge in [0, 0.05) is 11.9 Å². The largest absolute Gasteiger partial charge is 2.00 e. The second-order valence-corrected chi connectivity index (χ2v) is 6.99. The third-order valence-corrected chi connectivity index (χ3v) is 4.93. The van der Waals surface area contributed by atoms with Crippen molar-refractivity contribution in [1.82, 2.24) is 9.97 Å². The van der Waals surface area contributed by atoms with Crippen LogP contribution in [0.1, 0.15) is 0 Å². The standard InChI is InChI=1S/C28H19N3.Pt/c1-3-11-22(12-4-1)23-13-9-16-25(21-23)31(24-14-5-2-6-15-24)28-19-10-18-27(30-28)26-17-7-8-20-29-26;/h1-11,13-20H;/q-2;+2. The number of nitrogens with zero attached hydrogens (tertiary/aromatic N) is 3. The zero-order valence-electron chi connectivity index (χ0n) is 17.1. The number of rotatable bonds is 5. The van der Waals surface area contributed by atoms with Crippen molar-refractivity contribution < 1.29 is 21.1 Å². The number of pyridine rings is 2. The molecule has 0 aliphatic heterocycles. The van der Waals surface area contributed by atoms with E-state index >= 15 is 0 Å². The summed E-state index contributed by atoms with van der Waals surface area (Å²) in [5.41, 5.74) is 5.58.